The Bertz CT molecular complexity index is 1700. The summed E-state index contributed by atoms with van der Waals surface area (Å²) in [6.45, 7) is 7.12. The number of aryl methyl sites for hydroxylation is 2. The number of carbonyl (C=O) groups is 2. The van der Waals surface area contributed by atoms with E-state index in [0.717, 1.165) is 11.1 Å². The number of amides is 2. The molecule has 0 spiro atoms. The fourth-order valence-corrected chi connectivity index (χ4v) is 4.64. The molecule has 3 aromatic heterocycles. The molecule has 2 aromatic carbocycles. The number of carbonyl (C=O) groups excluding carboxylic acids is 2. The van der Waals surface area contributed by atoms with E-state index in [-0.39, 0.29) is 34.4 Å². The van der Waals surface area contributed by atoms with E-state index in [9.17, 15) is 19.8 Å². The van der Waals surface area contributed by atoms with Gasteiger partial charge in [-0.1, -0.05) is 23.3 Å². The number of aromatic nitrogens is 3. The zero-order valence-electron chi connectivity index (χ0n) is 21.4. The summed E-state index contributed by atoms with van der Waals surface area (Å²) < 4.78 is 1.55. The lowest BCUT2D eigenvalue weighted by atomic mass is 10.1. The van der Waals surface area contributed by atoms with Crippen LogP contribution in [-0.4, -0.2) is 36.6 Å². The second kappa shape index (κ2) is 9.11. The molecule has 192 valence electrons. The number of fused-ring (bicyclic) bond motifs is 2. The number of azo groups is 2. The van der Waals surface area contributed by atoms with Crippen LogP contribution < -0.4 is 0 Å². The summed E-state index contributed by atoms with van der Waals surface area (Å²) in [5, 5.41) is 37.5. The fourth-order valence-electron chi connectivity index (χ4n) is 4.64. The summed E-state index contributed by atoms with van der Waals surface area (Å²) in [5.74, 6) is -1.75. The number of benzene rings is 2. The smallest absolute Gasteiger partial charge is 0.312 e. The van der Waals surface area contributed by atoms with Gasteiger partial charge in [0.05, 0.1) is 16.6 Å². The first-order valence-corrected chi connectivity index (χ1v) is 11.8. The first-order valence-electron chi connectivity index (χ1n) is 11.8. The molecule has 4 N–H and O–H groups in total. The number of H-pyrrole nitrogens is 2. The van der Waals surface area contributed by atoms with E-state index in [1.807, 2.05) is 38.1 Å². The standard InChI is InChI=1S/C27H25N7O4/c1-12-6-8-18-16(10-12)21(25(36)28-18)30-32-24(35)20-14(3)23(34(5)15(20)4)27(38)33-31-22-17-11-13(2)7-9-19(17)29-26(22)37/h6-11,28-29,36-37H,1-5H3. The number of nitrogens with one attached hydrogen (secondary N) is 2. The molecule has 3 heterocycles. The first-order chi connectivity index (χ1) is 18.1. The Morgan fingerprint density at radius 3 is 1.74 bits per heavy atom. The van der Waals surface area contributed by atoms with Crippen molar-refractivity contribution < 1.29 is 19.8 Å². The average molecular weight is 512 g/mol. The summed E-state index contributed by atoms with van der Waals surface area (Å²) in [6.07, 6.45) is 0. The summed E-state index contributed by atoms with van der Waals surface area (Å²) in [6, 6.07) is 11.0. The van der Waals surface area contributed by atoms with Crippen molar-refractivity contribution in [3.8, 4) is 11.8 Å². The number of hydrogen-bond donors (Lipinski definition) is 4. The summed E-state index contributed by atoms with van der Waals surface area (Å²) in [4.78, 5) is 31.8. The predicted octanol–water partition coefficient (Wildman–Crippen LogP) is 6.48. The maximum absolute atomic E-state index is 13.1. The Balaban J connectivity index is 1.47. The lowest BCUT2D eigenvalue weighted by molar-refractivity contribution is 0.0984. The number of rotatable bonds is 4. The van der Waals surface area contributed by atoms with Crippen LogP contribution in [0.25, 0.3) is 21.8 Å². The van der Waals surface area contributed by atoms with E-state index >= 15 is 0 Å². The van der Waals surface area contributed by atoms with Gasteiger partial charge in [-0.15, -0.1) is 20.5 Å². The summed E-state index contributed by atoms with van der Waals surface area (Å²) in [7, 11) is 1.64. The second-order valence-electron chi connectivity index (χ2n) is 9.25. The van der Waals surface area contributed by atoms with Crippen LogP contribution in [0.5, 0.6) is 11.8 Å². The van der Waals surface area contributed by atoms with E-state index in [1.54, 1.807) is 37.6 Å². The predicted molar refractivity (Wildman–Crippen MR) is 142 cm³/mol. The van der Waals surface area contributed by atoms with Crippen molar-refractivity contribution in [2.45, 2.75) is 27.7 Å². The molecule has 0 atom stereocenters. The van der Waals surface area contributed by atoms with Gasteiger partial charge in [-0.3, -0.25) is 9.59 Å². The molecule has 0 saturated heterocycles. The molecule has 5 aromatic rings. The Kier molecular flexibility index (Phi) is 5.90. The van der Waals surface area contributed by atoms with Crippen LogP contribution in [0.4, 0.5) is 11.4 Å². The van der Waals surface area contributed by atoms with Crippen molar-refractivity contribution in [3.63, 3.8) is 0 Å². The third-order valence-corrected chi connectivity index (χ3v) is 6.64. The molecule has 0 saturated carbocycles. The number of nitrogens with zero attached hydrogens (tertiary/aromatic N) is 5. The van der Waals surface area contributed by atoms with Crippen LogP contribution in [0.3, 0.4) is 0 Å². The second-order valence-corrected chi connectivity index (χ2v) is 9.25. The minimum atomic E-state index is -0.685. The van der Waals surface area contributed by atoms with Crippen LogP contribution in [0.1, 0.15) is 43.2 Å². The van der Waals surface area contributed by atoms with Gasteiger partial charge >= 0.3 is 5.91 Å². The number of aromatic hydroxyl groups is 2. The topological polar surface area (TPSA) is 161 Å². The lowest BCUT2D eigenvalue weighted by Crippen LogP contribution is -2.05. The van der Waals surface area contributed by atoms with Gasteiger partial charge in [-0.05, 0) is 57.5 Å². The van der Waals surface area contributed by atoms with E-state index in [1.165, 1.54) is 0 Å². The fraction of sp³-hybridized carbons (Fsp3) is 0.185. The first kappa shape index (κ1) is 24.6. The highest BCUT2D eigenvalue weighted by atomic mass is 16.3. The molecule has 0 bridgehead atoms. The number of hydrogen-bond acceptors (Lipinski definition) is 6. The molecular weight excluding hydrogens is 486 g/mol. The van der Waals surface area contributed by atoms with E-state index in [0.29, 0.717) is 33.1 Å². The Morgan fingerprint density at radius 1 is 0.763 bits per heavy atom. The van der Waals surface area contributed by atoms with Crippen molar-refractivity contribution in [3.05, 3.63) is 70.0 Å². The van der Waals surface area contributed by atoms with Gasteiger partial charge < -0.3 is 24.7 Å². The van der Waals surface area contributed by atoms with Crippen molar-refractivity contribution in [2.24, 2.45) is 27.5 Å². The van der Waals surface area contributed by atoms with Crippen molar-refractivity contribution in [1.29, 1.82) is 0 Å². The molecule has 11 nitrogen and oxygen atoms in total. The largest absolute Gasteiger partial charge is 0.493 e. The van der Waals surface area contributed by atoms with Gasteiger partial charge in [0.25, 0.3) is 5.91 Å². The Labute approximate surface area is 216 Å². The van der Waals surface area contributed by atoms with E-state index in [4.69, 9.17) is 0 Å². The minimum absolute atomic E-state index is 0.152. The molecule has 0 aliphatic heterocycles. The zero-order valence-corrected chi connectivity index (χ0v) is 21.4. The normalized spacial score (nSPS) is 12.0. The lowest BCUT2D eigenvalue weighted by Gasteiger charge is -2.01. The molecule has 2 amide bonds. The molecule has 0 unspecified atom stereocenters. The third-order valence-electron chi connectivity index (χ3n) is 6.64. The van der Waals surface area contributed by atoms with Gasteiger partial charge in [0.2, 0.25) is 11.8 Å². The number of aromatic amines is 2. The van der Waals surface area contributed by atoms with Crippen molar-refractivity contribution in [2.75, 3.05) is 0 Å². The van der Waals surface area contributed by atoms with Gasteiger partial charge in [-0.25, -0.2) is 0 Å². The van der Waals surface area contributed by atoms with Crippen LogP contribution in [0.15, 0.2) is 56.9 Å². The molecule has 11 heteroatoms. The van der Waals surface area contributed by atoms with Crippen LogP contribution >= 0.6 is 0 Å². The SMILES string of the molecule is Cc1ccc2[nH]c(O)c(N=NC(=O)c3c(C)c(C(=O)N=Nc4c(O)[nH]c5ccc(C)cc45)n(C)c3C)c2c1. The monoisotopic (exact) mass is 511 g/mol. The van der Waals surface area contributed by atoms with Gasteiger partial charge in [0.1, 0.15) is 5.69 Å². The van der Waals surface area contributed by atoms with E-state index in [2.05, 4.69) is 30.4 Å². The maximum atomic E-state index is 13.1. The molecule has 5 rings (SSSR count). The molecule has 0 fully saturated rings. The Hall–Kier alpha value is -5.06. The third kappa shape index (κ3) is 4.03. The molecule has 38 heavy (non-hydrogen) atoms. The minimum Gasteiger partial charge on any atom is -0.493 e. The van der Waals surface area contributed by atoms with Gasteiger partial charge in [0.15, 0.2) is 11.4 Å². The average Bonchev–Trinajstić information content (AvgIpc) is 3.43. The molecule has 0 radical (unpaired) electrons. The zero-order chi connectivity index (χ0) is 27.3. The maximum Gasteiger partial charge on any atom is 0.312 e. The highest BCUT2D eigenvalue weighted by molar-refractivity contribution is 6.04. The molecule has 0 aliphatic rings. The van der Waals surface area contributed by atoms with Crippen molar-refractivity contribution in [1.82, 2.24) is 14.5 Å². The summed E-state index contributed by atoms with van der Waals surface area (Å²) in [5.41, 5.74) is 4.78. The highest BCUT2D eigenvalue weighted by Crippen LogP contribution is 2.37. The van der Waals surface area contributed by atoms with Crippen molar-refractivity contribution >= 4 is 45.0 Å². The van der Waals surface area contributed by atoms with Crippen LogP contribution in [-0.2, 0) is 7.05 Å². The Morgan fingerprint density at radius 2 is 1.24 bits per heavy atom. The molecule has 0 aliphatic carbocycles. The van der Waals surface area contributed by atoms with Crippen LogP contribution in [0, 0.1) is 27.7 Å². The molecular formula is C27H25N7O4. The van der Waals surface area contributed by atoms with E-state index < -0.39 is 11.8 Å². The summed E-state index contributed by atoms with van der Waals surface area (Å²) >= 11 is 0. The van der Waals surface area contributed by atoms with Crippen LogP contribution in [0.2, 0.25) is 0 Å². The van der Waals surface area contributed by atoms with Gasteiger partial charge in [-0.2, -0.15) is 0 Å². The quantitative estimate of drug-likeness (QED) is 0.203. The highest BCUT2D eigenvalue weighted by Gasteiger charge is 2.25. The van der Waals surface area contributed by atoms with Gasteiger partial charge in [0, 0.05) is 23.5 Å².